The summed E-state index contributed by atoms with van der Waals surface area (Å²) >= 11 is 0. The van der Waals surface area contributed by atoms with E-state index in [1.807, 2.05) is 37.3 Å². The van der Waals surface area contributed by atoms with Crippen molar-refractivity contribution in [1.29, 1.82) is 0 Å². The fourth-order valence-electron chi connectivity index (χ4n) is 2.73. The molecule has 0 radical (unpaired) electrons. The Morgan fingerprint density at radius 2 is 1.69 bits per heavy atom. The first-order valence-electron chi connectivity index (χ1n) is 9.57. The van der Waals surface area contributed by atoms with Gasteiger partial charge in [0.05, 0.1) is 6.04 Å². The highest BCUT2D eigenvalue weighted by molar-refractivity contribution is 5.92. The molecule has 0 aromatic heterocycles. The average Bonchev–Trinajstić information content (AvgIpc) is 2.68. The van der Waals surface area contributed by atoms with E-state index in [1.165, 1.54) is 0 Å². The van der Waals surface area contributed by atoms with E-state index in [0.29, 0.717) is 12.8 Å². The van der Waals surface area contributed by atoms with Crippen molar-refractivity contribution in [3.8, 4) is 0 Å². The van der Waals surface area contributed by atoms with Crippen LogP contribution in [0.3, 0.4) is 0 Å². The van der Waals surface area contributed by atoms with Gasteiger partial charge in [0, 0.05) is 6.42 Å². The van der Waals surface area contributed by atoms with E-state index in [-0.39, 0.29) is 18.8 Å². The first kappa shape index (κ1) is 24.1. The Hall–Kier alpha value is -2.94. The number of nitrogens with one attached hydrogen (secondary N) is 2. The van der Waals surface area contributed by atoms with E-state index < -0.39 is 41.8 Å². The fraction of sp³-hybridized carbons (Fsp3) is 0.500. The van der Waals surface area contributed by atoms with E-state index in [4.69, 9.17) is 11.5 Å². The van der Waals surface area contributed by atoms with E-state index in [2.05, 4.69) is 10.6 Å². The zero-order valence-corrected chi connectivity index (χ0v) is 16.8. The predicted molar refractivity (Wildman–Crippen MR) is 108 cm³/mol. The second-order valence-corrected chi connectivity index (χ2v) is 7.07. The molecular weight excluding hydrogens is 376 g/mol. The van der Waals surface area contributed by atoms with Gasteiger partial charge < -0.3 is 27.2 Å². The maximum atomic E-state index is 12.7. The Kier molecular flexibility index (Phi) is 9.81. The lowest BCUT2D eigenvalue weighted by atomic mass is 9.96. The standard InChI is InChI=1S/C20H30N4O5/c1-3-12(2)17(19(27)23-15(20(28)29)9-10-16(22)25)24-18(26)14(21)11-13-7-5-4-6-8-13/h4-8,12,14-15,17H,3,9-11,21H2,1-2H3,(H2,22,25)(H,23,27)(H,24,26)(H,28,29)/t12-,14-,15-,17-/m0/s1. The van der Waals surface area contributed by atoms with Gasteiger partial charge in [-0.1, -0.05) is 50.6 Å². The number of carboxylic acid groups (broad SMARTS) is 1. The minimum atomic E-state index is -1.28. The van der Waals surface area contributed by atoms with E-state index in [1.54, 1.807) is 6.92 Å². The molecule has 7 N–H and O–H groups in total. The van der Waals surface area contributed by atoms with Crippen LogP contribution in [0.2, 0.25) is 0 Å². The van der Waals surface area contributed by atoms with Crippen molar-refractivity contribution in [3.05, 3.63) is 35.9 Å². The topological polar surface area (TPSA) is 165 Å². The van der Waals surface area contributed by atoms with Crippen LogP contribution in [0.15, 0.2) is 30.3 Å². The molecule has 1 rings (SSSR count). The van der Waals surface area contributed by atoms with Gasteiger partial charge in [0.2, 0.25) is 17.7 Å². The zero-order chi connectivity index (χ0) is 22.0. The highest BCUT2D eigenvalue weighted by atomic mass is 16.4. The molecule has 4 atom stereocenters. The van der Waals surface area contributed by atoms with Crippen molar-refractivity contribution in [1.82, 2.24) is 10.6 Å². The van der Waals surface area contributed by atoms with Gasteiger partial charge in [-0.15, -0.1) is 0 Å². The molecule has 0 fully saturated rings. The van der Waals surface area contributed by atoms with Crippen molar-refractivity contribution in [2.45, 2.75) is 57.7 Å². The van der Waals surface area contributed by atoms with Gasteiger partial charge in [0.15, 0.2) is 0 Å². The fourth-order valence-corrected chi connectivity index (χ4v) is 2.73. The molecule has 1 aromatic carbocycles. The summed E-state index contributed by atoms with van der Waals surface area (Å²) in [5, 5.41) is 14.3. The van der Waals surface area contributed by atoms with E-state index in [9.17, 15) is 24.3 Å². The lowest BCUT2D eigenvalue weighted by molar-refractivity contribution is -0.142. The molecule has 0 unspecified atom stereocenters. The van der Waals surface area contributed by atoms with Crippen molar-refractivity contribution >= 4 is 23.7 Å². The largest absolute Gasteiger partial charge is 0.480 e. The van der Waals surface area contributed by atoms with Crippen LogP contribution in [0.5, 0.6) is 0 Å². The normalized spacial score (nSPS) is 14.9. The summed E-state index contributed by atoms with van der Waals surface area (Å²) in [5.74, 6) is -3.35. The quantitative estimate of drug-likeness (QED) is 0.326. The summed E-state index contributed by atoms with van der Waals surface area (Å²) in [7, 11) is 0. The van der Waals surface area contributed by atoms with Gasteiger partial charge in [-0.25, -0.2) is 4.79 Å². The zero-order valence-electron chi connectivity index (χ0n) is 16.8. The second-order valence-electron chi connectivity index (χ2n) is 7.07. The van der Waals surface area contributed by atoms with Gasteiger partial charge in [-0.2, -0.15) is 0 Å². The summed E-state index contributed by atoms with van der Waals surface area (Å²) in [5.41, 5.74) is 11.9. The summed E-state index contributed by atoms with van der Waals surface area (Å²) in [6, 6.07) is 6.14. The molecule has 0 saturated carbocycles. The van der Waals surface area contributed by atoms with Crippen molar-refractivity contribution < 1.29 is 24.3 Å². The molecule has 9 nitrogen and oxygen atoms in total. The number of carbonyl (C=O) groups excluding carboxylic acids is 3. The third-order valence-corrected chi connectivity index (χ3v) is 4.72. The molecule has 1 aromatic rings. The smallest absolute Gasteiger partial charge is 0.326 e. The highest BCUT2D eigenvalue weighted by Gasteiger charge is 2.31. The number of rotatable bonds is 12. The van der Waals surface area contributed by atoms with Gasteiger partial charge in [0.25, 0.3) is 0 Å². The Morgan fingerprint density at radius 3 is 2.21 bits per heavy atom. The van der Waals surface area contributed by atoms with Gasteiger partial charge in [-0.3, -0.25) is 14.4 Å². The SMILES string of the molecule is CC[C@H](C)[C@H](NC(=O)[C@@H](N)Cc1ccccc1)C(=O)N[C@@H](CCC(N)=O)C(=O)O. The number of hydrogen-bond donors (Lipinski definition) is 5. The van der Waals surface area contributed by atoms with Crippen LogP contribution in [0.1, 0.15) is 38.7 Å². The molecule has 160 valence electrons. The minimum Gasteiger partial charge on any atom is -0.480 e. The van der Waals surface area contributed by atoms with Crippen LogP contribution in [0.25, 0.3) is 0 Å². The Labute approximate surface area is 170 Å². The molecule has 0 aliphatic rings. The predicted octanol–water partition coefficient (Wildman–Crippen LogP) is -0.0778. The Bertz CT molecular complexity index is 710. The molecular formula is C20H30N4O5. The first-order chi connectivity index (χ1) is 13.6. The molecule has 0 aliphatic carbocycles. The third kappa shape index (κ3) is 8.30. The molecule has 0 bridgehead atoms. The van der Waals surface area contributed by atoms with Crippen LogP contribution in [0.4, 0.5) is 0 Å². The van der Waals surface area contributed by atoms with Crippen molar-refractivity contribution in [3.63, 3.8) is 0 Å². The third-order valence-electron chi connectivity index (χ3n) is 4.72. The van der Waals surface area contributed by atoms with Crippen LogP contribution in [0, 0.1) is 5.92 Å². The molecule has 29 heavy (non-hydrogen) atoms. The second kappa shape index (κ2) is 11.8. The number of benzene rings is 1. The summed E-state index contributed by atoms with van der Waals surface area (Å²) in [6.07, 6.45) is 0.563. The number of aliphatic carboxylic acids is 1. The molecule has 0 spiro atoms. The summed E-state index contributed by atoms with van der Waals surface area (Å²) < 4.78 is 0. The average molecular weight is 406 g/mol. The number of nitrogens with two attached hydrogens (primary N) is 2. The lowest BCUT2D eigenvalue weighted by Gasteiger charge is -2.26. The number of carboxylic acids is 1. The molecule has 9 heteroatoms. The first-order valence-corrected chi connectivity index (χ1v) is 9.57. The monoisotopic (exact) mass is 406 g/mol. The van der Waals surface area contributed by atoms with Gasteiger partial charge >= 0.3 is 5.97 Å². The lowest BCUT2D eigenvalue weighted by Crippen LogP contribution is -2.57. The van der Waals surface area contributed by atoms with Crippen LogP contribution >= 0.6 is 0 Å². The molecule has 3 amide bonds. The van der Waals surface area contributed by atoms with Crippen LogP contribution < -0.4 is 22.1 Å². The maximum Gasteiger partial charge on any atom is 0.326 e. The Morgan fingerprint density at radius 1 is 1.07 bits per heavy atom. The Balaban J connectivity index is 2.81. The number of primary amides is 1. The van der Waals surface area contributed by atoms with E-state index >= 15 is 0 Å². The summed E-state index contributed by atoms with van der Waals surface area (Å²) in [4.78, 5) is 47.5. The number of hydrogen-bond acceptors (Lipinski definition) is 5. The molecule has 0 saturated heterocycles. The molecule has 0 heterocycles. The van der Waals surface area contributed by atoms with Gasteiger partial charge in [-0.05, 0) is 24.3 Å². The van der Waals surface area contributed by atoms with Gasteiger partial charge in [0.1, 0.15) is 12.1 Å². The van der Waals surface area contributed by atoms with Crippen molar-refractivity contribution in [2.75, 3.05) is 0 Å². The number of carbonyl (C=O) groups is 4. The maximum absolute atomic E-state index is 12.7. The number of amides is 3. The highest BCUT2D eigenvalue weighted by Crippen LogP contribution is 2.10. The van der Waals surface area contributed by atoms with Crippen LogP contribution in [-0.2, 0) is 25.6 Å². The van der Waals surface area contributed by atoms with Crippen molar-refractivity contribution in [2.24, 2.45) is 17.4 Å². The molecule has 0 aliphatic heterocycles. The van der Waals surface area contributed by atoms with Crippen LogP contribution in [-0.4, -0.2) is 46.9 Å². The van der Waals surface area contributed by atoms with E-state index in [0.717, 1.165) is 5.56 Å². The minimum absolute atomic E-state index is 0.134. The summed E-state index contributed by atoms with van der Waals surface area (Å²) in [6.45, 7) is 3.62.